The Balaban J connectivity index is 1.58. The highest BCUT2D eigenvalue weighted by Crippen LogP contribution is 2.48. The summed E-state index contributed by atoms with van der Waals surface area (Å²) in [4.78, 5) is 30.6. The highest BCUT2D eigenvalue weighted by molar-refractivity contribution is 7.09. The number of rotatable bonds is 2. The number of alkyl halides is 1. The van der Waals surface area contributed by atoms with Crippen molar-refractivity contribution in [2.75, 3.05) is 13.2 Å². The number of aliphatic hydroxyl groups excluding tert-OH is 2. The van der Waals surface area contributed by atoms with E-state index in [1.54, 1.807) is 19.2 Å². The molecule has 7 atom stereocenters. The lowest BCUT2D eigenvalue weighted by atomic mass is 9.59. The van der Waals surface area contributed by atoms with Gasteiger partial charge in [0, 0.05) is 23.6 Å². The van der Waals surface area contributed by atoms with Crippen LogP contribution in [-0.2, 0) is 19.1 Å². The third-order valence-electron chi connectivity index (χ3n) is 7.74. The molecule has 3 N–H and O–H groups in total. The van der Waals surface area contributed by atoms with E-state index in [0.717, 1.165) is 11.4 Å². The van der Waals surface area contributed by atoms with Gasteiger partial charge < -0.3 is 25.0 Å². The first-order chi connectivity index (χ1) is 16.9. The van der Waals surface area contributed by atoms with Crippen LogP contribution < -0.4 is 5.32 Å². The summed E-state index contributed by atoms with van der Waals surface area (Å²) in [5.74, 6) is -2.59. The maximum absolute atomic E-state index is 15.3. The minimum absolute atomic E-state index is 0.0124. The summed E-state index contributed by atoms with van der Waals surface area (Å²) in [6, 6.07) is -1.06. The molecule has 3 aliphatic rings. The van der Waals surface area contributed by atoms with Crippen LogP contribution in [0.2, 0.25) is 0 Å². The molecule has 2 saturated heterocycles. The number of aryl methyl sites for hydroxylation is 1. The number of amides is 1. The van der Waals surface area contributed by atoms with Crippen LogP contribution in [0.1, 0.15) is 56.7 Å². The molecule has 1 saturated carbocycles. The average molecular weight is 545 g/mol. The average Bonchev–Trinajstić information content (AvgIpc) is 3.22. The molecule has 3 heterocycles. The lowest BCUT2D eigenvalue weighted by Gasteiger charge is -2.46. The summed E-state index contributed by atoms with van der Waals surface area (Å²) in [5.41, 5.74) is -0.656. The lowest BCUT2D eigenvalue weighted by molar-refractivity contribution is -0.155. The van der Waals surface area contributed by atoms with Crippen molar-refractivity contribution in [1.82, 2.24) is 10.3 Å². The molecular weight excluding hydrogens is 511 g/mol. The molecule has 1 spiro atoms. The minimum atomic E-state index is -1.24. The zero-order valence-corrected chi connectivity index (χ0v) is 22.3. The minimum Gasteiger partial charge on any atom is -0.392 e. The maximum atomic E-state index is 15.3. The first-order valence-corrected chi connectivity index (χ1v) is 13.6. The Kier molecular flexibility index (Phi) is 8.24. The summed E-state index contributed by atoms with van der Waals surface area (Å²) in [6.45, 7) is 5.39. The first-order valence-electron chi connectivity index (χ1n) is 12.4. The van der Waals surface area contributed by atoms with E-state index in [2.05, 4.69) is 10.3 Å². The van der Waals surface area contributed by atoms with Crippen molar-refractivity contribution in [2.45, 2.75) is 82.3 Å². The Morgan fingerprint density at radius 1 is 1.33 bits per heavy atom. The number of carbonyl (C=O) groups excluding carboxylic acids is 2. The van der Waals surface area contributed by atoms with Crippen molar-refractivity contribution in [3.8, 4) is 0 Å². The normalized spacial score (nSPS) is 38.2. The number of nitrogens with one attached hydrogen (secondary N) is 1. The number of carbonyl (C=O) groups is 2. The predicted octanol–water partition coefficient (Wildman–Crippen LogP) is 3.12. The molecule has 0 aromatic carbocycles. The van der Waals surface area contributed by atoms with Gasteiger partial charge in [-0.15, -0.1) is 11.3 Å². The number of thiazole rings is 1. The molecule has 4 rings (SSSR count). The van der Waals surface area contributed by atoms with Crippen LogP contribution in [0, 0.1) is 24.2 Å². The van der Waals surface area contributed by atoms with Crippen molar-refractivity contribution in [1.29, 1.82) is 0 Å². The van der Waals surface area contributed by atoms with Crippen molar-refractivity contribution in [3.63, 3.8) is 0 Å². The van der Waals surface area contributed by atoms with Gasteiger partial charge in [-0.25, -0.2) is 9.37 Å². The molecule has 11 heteroatoms. The van der Waals surface area contributed by atoms with Gasteiger partial charge in [0.1, 0.15) is 17.7 Å². The first kappa shape index (κ1) is 27.6. The molecule has 1 amide bonds. The zero-order chi connectivity index (χ0) is 26.3. The summed E-state index contributed by atoms with van der Waals surface area (Å²) in [6.07, 6.45) is -0.215. The topological polar surface area (TPSA) is 121 Å². The molecule has 0 radical (unpaired) electrons. The number of halogens is 2. The van der Waals surface area contributed by atoms with Gasteiger partial charge in [0.15, 0.2) is 5.06 Å². The molecule has 8 nitrogen and oxygen atoms in total. The highest BCUT2D eigenvalue weighted by atomic mass is 35.5. The van der Waals surface area contributed by atoms with Gasteiger partial charge in [-0.1, -0.05) is 31.9 Å². The van der Waals surface area contributed by atoms with E-state index in [9.17, 15) is 19.8 Å². The van der Waals surface area contributed by atoms with Crippen LogP contribution >= 0.6 is 22.9 Å². The number of fused-ring (bicyclic) bond motifs is 1. The lowest BCUT2D eigenvalue weighted by Crippen LogP contribution is -2.54. The second-order valence-corrected chi connectivity index (χ2v) is 12.1. The SMILES string of the molecule is Cc1nc(C=C(F)[C@@H]2C[C@@H]3O[C@]3(Cl)COC[C@H](C)[C@H](O)[C@@H](C)C(=O)C3(CCC3)[C@@H](O)CC(=O)N2)cs1. The summed E-state index contributed by atoms with van der Waals surface area (Å²) >= 11 is 7.88. The molecular formula is C25H34ClFN2O6S. The van der Waals surface area contributed by atoms with Gasteiger partial charge in [-0.05, 0) is 25.8 Å². The van der Waals surface area contributed by atoms with Gasteiger partial charge in [-0.2, -0.15) is 0 Å². The molecule has 3 fully saturated rings. The smallest absolute Gasteiger partial charge is 0.223 e. The van der Waals surface area contributed by atoms with Crippen LogP contribution in [0.15, 0.2) is 11.2 Å². The van der Waals surface area contributed by atoms with Crippen molar-refractivity contribution < 1.29 is 33.7 Å². The Labute approximate surface area is 219 Å². The van der Waals surface area contributed by atoms with Crippen LogP contribution in [0.25, 0.3) is 6.08 Å². The maximum Gasteiger partial charge on any atom is 0.223 e. The molecule has 2 aliphatic heterocycles. The molecule has 200 valence electrons. The highest BCUT2D eigenvalue weighted by Gasteiger charge is 2.57. The van der Waals surface area contributed by atoms with Crippen LogP contribution in [0.3, 0.4) is 0 Å². The van der Waals surface area contributed by atoms with Gasteiger partial charge in [0.2, 0.25) is 5.91 Å². The van der Waals surface area contributed by atoms with Crippen LogP contribution in [0.5, 0.6) is 0 Å². The van der Waals surface area contributed by atoms with E-state index in [-0.39, 0.29) is 37.8 Å². The monoisotopic (exact) mass is 544 g/mol. The van der Waals surface area contributed by atoms with E-state index in [0.29, 0.717) is 18.5 Å². The Bertz CT molecular complexity index is 1020. The fourth-order valence-corrected chi connectivity index (χ4v) is 6.05. The van der Waals surface area contributed by atoms with Gasteiger partial charge >= 0.3 is 0 Å². The van der Waals surface area contributed by atoms with E-state index < -0.39 is 52.5 Å². The van der Waals surface area contributed by atoms with Crippen LogP contribution in [0.4, 0.5) is 4.39 Å². The van der Waals surface area contributed by atoms with E-state index >= 15 is 4.39 Å². The summed E-state index contributed by atoms with van der Waals surface area (Å²) < 4.78 is 26.6. The predicted molar refractivity (Wildman–Crippen MR) is 133 cm³/mol. The molecule has 1 aromatic rings. The Morgan fingerprint density at radius 3 is 2.67 bits per heavy atom. The number of hydrogen-bond acceptors (Lipinski definition) is 8. The number of epoxide rings is 1. The summed E-state index contributed by atoms with van der Waals surface area (Å²) in [7, 11) is 0. The Hall–Kier alpha value is -1.43. The fourth-order valence-electron chi connectivity index (χ4n) is 5.21. The van der Waals surface area contributed by atoms with Gasteiger partial charge in [-0.3, -0.25) is 9.59 Å². The number of aliphatic hydroxyl groups is 2. The van der Waals surface area contributed by atoms with E-state index in [1.807, 2.05) is 6.92 Å². The molecule has 0 unspecified atom stereocenters. The third-order valence-corrected chi connectivity index (χ3v) is 8.98. The second kappa shape index (κ2) is 10.7. The molecule has 0 bridgehead atoms. The molecule has 1 aliphatic carbocycles. The van der Waals surface area contributed by atoms with Gasteiger partial charge in [0.05, 0.1) is 54.0 Å². The largest absolute Gasteiger partial charge is 0.392 e. The number of ether oxygens (including phenoxy) is 2. The second-order valence-electron chi connectivity index (χ2n) is 10.4. The van der Waals surface area contributed by atoms with E-state index in [4.69, 9.17) is 21.1 Å². The van der Waals surface area contributed by atoms with Crippen LogP contribution in [-0.4, -0.2) is 69.5 Å². The number of Topliss-reactive ketones (excluding diaryl/α,β-unsaturated/α-hetero) is 1. The Morgan fingerprint density at radius 2 is 2.06 bits per heavy atom. The quantitative estimate of drug-likeness (QED) is 0.386. The third kappa shape index (κ3) is 5.68. The van der Waals surface area contributed by atoms with Crippen molar-refractivity contribution >= 4 is 40.7 Å². The van der Waals surface area contributed by atoms with E-state index in [1.165, 1.54) is 17.4 Å². The fraction of sp³-hybridized carbons (Fsp3) is 0.720. The number of aromatic nitrogens is 1. The van der Waals surface area contributed by atoms with Crippen molar-refractivity contribution in [3.05, 3.63) is 21.9 Å². The standard InChI is InChI=1S/C25H34ClFN2O6S/c1-13-10-34-12-25(26)20(35-25)8-18(17(27)7-16-11-36-15(3)28-16)29-21(31)9-19(30)24(5-4-6-24)23(33)14(2)22(13)32/h7,11,13-14,18-20,22,30,32H,4-6,8-10,12H2,1-3H3,(H,29,31)/t13-,14+,18-,19-,20-,22-,25+/m0/s1. The summed E-state index contributed by atoms with van der Waals surface area (Å²) in [5, 5.41) is 25.8. The van der Waals surface area contributed by atoms with Crippen molar-refractivity contribution in [2.24, 2.45) is 17.3 Å². The molecule has 1 aromatic heterocycles. The molecule has 36 heavy (non-hydrogen) atoms. The number of nitrogens with zero attached hydrogens (tertiary/aromatic N) is 1. The number of ketones is 1. The zero-order valence-electron chi connectivity index (χ0n) is 20.7. The number of hydrogen-bond donors (Lipinski definition) is 3. The van der Waals surface area contributed by atoms with Gasteiger partial charge in [0.25, 0.3) is 0 Å².